The molecule has 0 N–H and O–H groups in total. The Labute approximate surface area is 113 Å². The van der Waals surface area contributed by atoms with Crippen molar-refractivity contribution in [3.63, 3.8) is 0 Å². The first kappa shape index (κ1) is 11.5. The second-order valence-electron chi connectivity index (χ2n) is 4.55. The number of hydrogen-bond acceptors (Lipinski definition) is 0. The number of benzene rings is 1. The summed E-state index contributed by atoms with van der Waals surface area (Å²) in [6, 6.07) is 12.6. The van der Waals surface area contributed by atoms with Crippen LogP contribution in [-0.4, -0.2) is 8.40 Å². The zero-order valence-corrected chi connectivity index (χ0v) is 12.2. The first-order valence-corrected chi connectivity index (χ1v) is 8.37. The molecule has 0 unspecified atom stereocenters. The lowest BCUT2D eigenvalue weighted by Gasteiger charge is -2.18. The maximum Gasteiger partial charge on any atom is 0.165 e. The van der Waals surface area contributed by atoms with Crippen molar-refractivity contribution >= 4 is 31.6 Å². The maximum atomic E-state index is 6.62. The molecule has 0 atom stereocenters. The van der Waals surface area contributed by atoms with Crippen molar-refractivity contribution in [3.05, 3.63) is 52.3 Å². The molecule has 1 aromatic heterocycles. The van der Waals surface area contributed by atoms with Crippen molar-refractivity contribution < 1.29 is 0 Å². The quantitative estimate of drug-likeness (QED) is 0.500. The topological polar surface area (TPSA) is 0 Å². The van der Waals surface area contributed by atoms with Gasteiger partial charge in [-0.3, -0.25) is 0 Å². The molecule has 0 nitrogen and oxygen atoms in total. The lowest BCUT2D eigenvalue weighted by atomic mass is 10.1. The molecular weight excluding hydrogens is 267 g/mol. The Bertz CT molecular complexity index is 618. The van der Waals surface area contributed by atoms with Crippen molar-refractivity contribution in [1.82, 2.24) is 0 Å². The number of hydrogen-bond donors (Lipinski definition) is 0. The second kappa shape index (κ2) is 3.68. The molecule has 0 saturated carbocycles. The van der Waals surface area contributed by atoms with Gasteiger partial charge in [-0.15, -0.1) is 0 Å². The van der Waals surface area contributed by atoms with E-state index in [4.69, 9.17) is 23.2 Å². The molecule has 3 heteroatoms. The molecule has 86 valence electrons. The zero-order valence-electron chi connectivity index (χ0n) is 9.72. The van der Waals surface area contributed by atoms with E-state index in [1.807, 2.05) is 18.2 Å². The van der Waals surface area contributed by atoms with Gasteiger partial charge >= 0.3 is 0 Å². The second-order valence-corrected chi connectivity index (χ2v) is 8.42. The largest absolute Gasteiger partial charge is 0.165 e. The Balaban J connectivity index is 2.44. The molecule has 17 heavy (non-hydrogen) atoms. The minimum Gasteiger partial charge on any atom is -0.0913 e. The summed E-state index contributed by atoms with van der Waals surface area (Å²) in [6.07, 6.45) is 0. The predicted octanol–water partition coefficient (Wildman–Crippen LogP) is 4.22. The van der Waals surface area contributed by atoms with E-state index in [9.17, 15) is 0 Å². The van der Waals surface area contributed by atoms with Crippen LogP contribution in [0.15, 0.2) is 36.4 Å². The third-order valence-corrected chi connectivity index (χ3v) is 7.45. The van der Waals surface area contributed by atoms with Gasteiger partial charge in [-0.25, -0.2) is 0 Å². The van der Waals surface area contributed by atoms with Gasteiger partial charge in [-0.1, -0.05) is 71.3 Å². The average Bonchev–Trinajstić information content (AvgIpc) is 2.54. The predicted molar refractivity (Wildman–Crippen MR) is 76.0 cm³/mol. The van der Waals surface area contributed by atoms with Gasteiger partial charge in [0, 0.05) is 8.40 Å². The van der Waals surface area contributed by atoms with Crippen molar-refractivity contribution in [2.75, 3.05) is 0 Å². The van der Waals surface area contributed by atoms with E-state index < -0.39 is 12.7 Å². The highest BCUT2D eigenvalue weighted by molar-refractivity contribution is 6.63. The van der Waals surface area contributed by atoms with Crippen molar-refractivity contribution in [2.24, 2.45) is 6.55 Å². The Hall–Kier alpha value is -0.633. The Morgan fingerprint density at radius 2 is 1.71 bits per heavy atom. The number of rotatable bonds is 0. The molecular formula is C14H12Cl2Si. The lowest BCUT2D eigenvalue weighted by molar-refractivity contribution is 1.11. The summed E-state index contributed by atoms with van der Waals surface area (Å²) in [5.74, 6) is 0. The first-order valence-electron chi connectivity index (χ1n) is 5.62. The Kier molecular flexibility index (Phi) is 2.48. The van der Waals surface area contributed by atoms with Crippen molar-refractivity contribution in [3.8, 4) is 11.1 Å². The molecule has 0 bridgehead atoms. The van der Waals surface area contributed by atoms with E-state index in [1.165, 1.54) is 21.5 Å². The van der Waals surface area contributed by atoms with Gasteiger partial charge in [0.05, 0.1) is 0 Å². The fourth-order valence-electron chi connectivity index (χ4n) is 2.57. The van der Waals surface area contributed by atoms with Gasteiger partial charge in [-0.2, -0.15) is 0 Å². The Morgan fingerprint density at radius 3 is 2.47 bits per heavy atom. The van der Waals surface area contributed by atoms with Crippen LogP contribution in [0.2, 0.25) is 0 Å². The summed E-state index contributed by atoms with van der Waals surface area (Å²) >= 11 is 13.2. The van der Waals surface area contributed by atoms with Crippen LogP contribution >= 0.6 is 23.2 Å². The summed E-state index contributed by atoms with van der Waals surface area (Å²) in [5.41, 5.74) is 3.48. The molecule has 1 aromatic carbocycles. The van der Waals surface area contributed by atoms with Crippen LogP contribution in [0.1, 0.15) is 15.9 Å². The van der Waals surface area contributed by atoms with E-state index >= 15 is 0 Å². The molecule has 1 aliphatic rings. The molecule has 0 spiro atoms. The third-order valence-electron chi connectivity index (χ3n) is 3.61. The van der Waals surface area contributed by atoms with Crippen LogP contribution in [0, 0.1) is 6.92 Å². The van der Waals surface area contributed by atoms with Crippen LogP contribution in [-0.2, 0) is 10.9 Å². The van der Waals surface area contributed by atoms with Crippen LogP contribution in [0.3, 0.4) is 0 Å². The summed E-state index contributed by atoms with van der Waals surface area (Å²) in [7, 11) is -0.773. The highest BCUT2D eigenvalue weighted by Gasteiger charge is 2.41. The summed E-state index contributed by atoms with van der Waals surface area (Å²) in [6.45, 7) is 4.44. The van der Waals surface area contributed by atoms with Crippen LogP contribution in [0.4, 0.5) is 0 Å². The third kappa shape index (κ3) is 1.46. The first-order chi connectivity index (χ1) is 8.03. The fraction of sp³-hybridized carbons (Fsp3) is 0.214. The van der Waals surface area contributed by atoms with Gasteiger partial charge in [0.1, 0.15) is 0 Å². The van der Waals surface area contributed by atoms with E-state index in [0.717, 1.165) is 5.56 Å². The maximum absolute atomic E-state index is 6.62. The molecule has 0 amide bonds. The zero-order chi connectivity index (χ0) is 12.2. The summed E-state index contributed by atoms with van der Waals surface area (Å²) < 4.78 is -0.832. The molecule has 0 radical (unpaired) electrons. The van der Waals surface area contributed by atoms with E-state index in [0.29, 0.717) is 0 Å². The minimum atomic E-state index is -0.832. The van der Waals surface area contributed by atoms with Gasteiger partial charge < -0.3 is 0 Å². The fourth-order valence-corrected chi connectivity index (χ4v) is 5.91. The number of aryl methyl sites for hydroxylation is 1. The van der Waals surface area contributed by atoms with Gasteiger partial charge in [0.25, 0.3) is 0 Å². The average molecular weight is 279 g/mol. The van der Waals surface area contributed by atoms with Gasteiger partial charge in [-0.05, 0) is 28.8 Å². The molecule has 1 heterocycles. The molecule has 0 fully saturated rings. The van der Waals surface area contributed by atoms with Gasteiger partial charge in [0.2, 0.25) is 0 Å². The van der Waals surface area contributed by atoms with Crippen molar-refractivity contribution in [2.45, 2.75) is 11.3 Å². The summed E-state index contributed by atoms with van der Waals surface area (Å²) in [5, 5.41) is 2.64. The molecule has 0 saturated heterocycles. The Morgan fingerprint density at radius 1 is 1.00 bits per heavy atom. The molecule has 2 aromatic rings. The molecule has 3 rings (SSSR count). The van der Waals surface area contributed by atoms with E-state index in [-0.39, 0.29) is 0 Å². The number of halogens is 2. The SMILES string of the molecule is Cc1ccc2c([si]1C)C(Cl)(Cl)c1ccccc1-2. The molecule has 0 aliphatic heterocycles. The monoisotopic (exact) mass is 278 g/mol. The van der Waals surface area contributed by atoms with Crippen LogP contribution in [0.25, 0.3) is 11.1 Å². The van der Waals surface area contributed by atoms with Gasteiger partial charge in [0.15, 0.2) is 4.33 Å². The van der Waals surface area contributed by atoms with Crippen LogP contribution < -0.4 is 0 Å². The number of fused-ring (bicyclic) bond motifs is 3. The van der Waals surface area contributed by atoms with E-state index in [2.05, 4.69) is 31.7 Å². The smallest absolute Gasteiger partial charge is 0.0913 e. The number of alkyl halides is 2. The minimum absolute atomic E-state index is 0.773. The highest BCUT2D eigenvalue weighted by Crippen LogP contribution is 2.53. The van der Waals surface area contributed by atoms with Crippen LogP contribution in [0.5, 0.6) is 0 Å². The molecule has 1 aliphatic carbocycles. The standard InChI is InChI=1S/C14H12Cl2Si/c1-9-7-8-11-10-5-3-4-6-12(10)14(15,16)13(11)17(9)2/h3-8H,1-2H3. The summed E-state index contributed by atoms with van der Waals surface area (Å²) in [4.78, 5) is 0. The highest BCUT2D eigenvalue weighted by atomic mass is 35.5. The lowest BCUT2D eigenvalue weighted by Crippen LogP contribution is -2.17. The van der Waals surface area contributed by atoms with E-state index in [1.54, 1.807) is 0 Å². The normalized spacial score (nSPS) is 15.5. The van der Waals surface area contributed by atoms with Crippen molar-refractivity contribution in [1.29, 1.82) is 0 Å².